The fourth-order valence-corrected chi connectivity index (χ4v) is 1.31. The van der Waals surface area contributed by atoms with Crippen LogP contribution in [0.25, 0.3) is 0 Å². The molecule has 0 saturated carbocycles. The van der Waals surface area contributed by atoms with E-state index in [0.717, 1.165) is 6.07 Å². The molecule has 0 aliphatic carbocycles. The summed E-state index contributed by atoms with van der Waals surface area (Å²) in [5.74, 6) is -0.772. The summed E-state index contributed by atoms with van der Waals surface area (Å²) in [7, 11) is 2.01. The molecule has 0 aromatic carbocycles. The second kappa shape index (κ2) is 5.31. The molecule has 1 rings (SSSR count). The van der Waals surface area contributed by atoms with Crippen LogP contribution in [0.3, 0.4) is 0 Å². The Hall–Kier alpha value is -1.36. The normalized spacial score (nSPS) is 11.1. The van der Waals surface area contributed by atoms with Crippen molar-refractivity contribution in [2.45, 2.75) is 13.1 Å². The summed E-state index contributed by atoms with van der Waals surface area (Å²) in [5, 5.41) is 2.40. The number of ether oxygens (including phenoxy) is 1. The lowest BCUT2D eigenvalue weighted by Crippen LogP contribution is -2.12. The Kier molecular flexibility index (Phi) is 4.28. The number of halogens is 3. The summed E-state index contributed by atoms with van der Waals surface area (Å²) in [6.07, 6.45) is -3.91. The number of hydrogen-bond donors (Lipinski definition) is 1. The molecule has 4 nitrogen and oxygen atoms in total. The maximum Gasteiger partial charge on any atom is 0.417 e. The quantitative estimate of drug-likeness (QED) is 0.674. The van der Waals surface area contributed by atoms with E-state index in [1.807, 2.05) is 9.39 Å². The lowest BCUT2D eigenvalue weighted by atomic mass is 10.2. The van der Waals surface area contributed by atoms with E-state index in [1.54, 1.807) is 6.92 Å². The molecule has 94 valence electrons. The number of hydrogen-bond acceptors (Lipinski definition) is 4. The molecule has 0 amide bonds. The zero-order valence-corrected chi connectivity index (χ0v) is 9.99. The third kappa shape index (κ3) is 3.30. The van der Waals surface area contributed by atoms with Gasteiger partial charge in [0.25, 0.3) is 0 Å². The van der Waals surface area contributed by atoms with E-state index < -0.39 is 17.7 Å². The first-order chi connectivity index (χ1) is 7.90. The first-order valence-electron chi connectivity index (χ1n) is 4.61. The number of nitrogens with zero attached hydrogens (tertiary/aromatic N) is 1. The third-order valence-electron chi connectivity index (χ3n) is 1.84. The molecule has 1 heterocycles. The van der Waals surface area contributed by atoms with Gasteiger partial charge in [0, 0.05) is 6.20 Å². The molecule has 0 bridgehead atoms. The van der Waals surface area contributed by atoms with Crippen molar-refractivity contribution in [3.63, 3.8) is 0 Å². The maximum absolute atomic E-state index is 12.4. The monoisotopic (exact) mass is 266 g/mol. The average Bonchev–Trinajstić information content (AvgIpc) is 2.27. The number of carbonyl (C=O) groups is 1. The number of alkyl halides is 3. The Bertz CT molecular complexity index is 423. The van der Waals surface area contributed by atoms with Crippen LogP contribution in [0.4, 0.5) is 18.9 Å². The minimum absolute atomic E-state index is 0.0525. The largest absolute Gasteiger partial charge is 0.461 e. The molecule has 0 aliphatic rings. The summed E-state index contributed by atoms with van der Waals surface area (Å²) in [4.78, 5) is 14.8. The molecule has 8 heteroatoms. The number of rotatable bonds is 3. The van der Waals surface area contributed by atoms with Gasteiger partial charge in [0.2, 0.25) is 0 Å². The summed E-state index contributed by atoms with van der Waals surface area (Å²) in [6.45, 7) is 1.72. The molecule has 0 fully saturated rings. The van der Waals surface area contributed by atoms with Crippen molar-refractivity contribution in [3.8, 4) is 0 Å². The van der Waals surface area contributed by atoms with Gasteiger partial charge in [-0.2, -0.15) is 13.2 Å². The van der Waals surface area contributed by atoms with Gasteiger partial charge >= 0.3 is 12.1 Å². The molecule has 0 aliphatic heterocycles. The molecular formula is C9H10F3N2O2P. The summed E-state index contributed by atoms with van der Waals surface area (Å²) < 4.78 is 41.8. The van der Waals surface area contributed by atoms with Gasteiger partial charge in [-0.25, -0.2) is 9.78 Å². The van der Waals surface area contributed by atoms with E-state index in [9.17, 15) is 18.0 Å². The zero-order chi connectivity index (χ0) is 13.1. The van der Waals surface area contributed by atoms with E-state index in [4.69, 9.17) is 0 Å². The summed E-state index contributed by atoms with van der Waals surface area (Å²) in [5.41, 5.74) is -1.17. The molecule has 1 atom stereocenters. The lowest BCUT2D eigenvalue weighted by Gasteiger charge is -2.11. The van der Waals surface area contributed by atoms with Crippen molar-refractivity contribution in [2.75, 3.05) is 11.7 Å². The van der Waals surface area contributed by atoms with Crippen molar-refractivity contribution in [1.82, 2.24) is 4.98 Å². The van der Waals surface area contributed by atoms with Crippen molar-refractivity contribution in [3.05, 3.63) is 23.5 Å². The van der Waals surface area contributed by atoms with Gasteiger partial charge in [-0.15, -0.1) is 0 Å². The van der Waals surface area contributed by atoms with Crippen LogP contribution < -0.4 is 5.09 Å². The SMILES string of the molecule is CCOC(=O)c1ncc(C(F)(F)F)cc1NP. The Morgan fingerprint density at radius 1 is 1.59 bits per heavy atom. The third-order valence-corrected chi connectivity index (χ3v) is 2.15. The average molecular weight is 266 g/mol. The number of pyridine rings is 1. The van der Waals surface area contributed by atoms with E-state index >= 15 is 0 Å². The molecule has 0 spiro atoms. The minimum Gasteiger partial charge on any atom is -0.461 e. The molecule has 1 N–H and O–H groups in total. The van der Waals surface area contributed by atoms with Crippen molar-refractivity contribution in [1.29, 1.82) is 0 Å². The summed E-state index contributed by atoms with van der Waals surface area (Å²) in [6, 6.07) is 0.798. The van der Waals surface area contributed by atoms with Crippen LogP contribution in [0.15, 0.2) is 12.3 Å². The minimum atomic E-state index is -4.50. The van der Waals surface area contributed by atoms with Crippen molar-refractivity contribution < 1.29 is 22.7 Å². The molecule has 1 aromatic heterocycles. The highest BCUT2D eigenvalue weighted by molar-refractivity contribution is 7.18. The van der Waals surface area contributed by atoms with Crippen LogP contribution in [0.1, 0.15) is 23.0 Å². The van der Waals surface area contributed by atoms with Gasteiger partial charge in [0.15, 0.2) is 5.69 Å². The summed E-state index contributed by atoms with van der Waals surface area (Å²) >= 11 is 0. The number of esters is 1. The smallest absolute Gasteiger partial charge is 0.417 e. The highest BCUT2D eigenvalue weighted by Gasteiger charge is 2.32. The van der Waals surface area contributed by atoms with Crippen LogP contribution in [0.5, 0.6) is 0 Å². The van der Waals surface area contributed by atoms with Crippen LogP contribution in [0.2, 0.25) is 0 Å². The van der Waals surface area contributed by atoms with E-state index in [2.05, 4.69) is 14.8 Å². The Morgan fingerprint density at radius 3 is 2.71 bits per heavy atom. The molecule has 0 saturated heterocycles. The molecular weight excluding hydrogens is 256 g/mol. The van der Waals surface area contributed by atoms with Gasteiger partial charge in [-0.1, -0.05) is 0 Å². The lowest BCUT2D eigenvalue weighted by molar-refractivity contribution is -0.137. The Balaban J connectivity index is 3.14. The van der Waals surface area contributed by atoms with Crippen molar-refractivity contribution >= 4 is 21.0 Å². The Morgan fingerprint density at radius 2 is 2.24 bits per heavy atom. The van der Waals surface area contributed by atoms with Crippen LogP contribution >= 0.6 is 9.39 Å². The first kappa shape index (κ1) is 13.7. The van der Waals surface area contributed by atoms with Crippen LogP contribution in [0, 0.1) is 0 Å². The predicted molar refractivity (Wildman–Crippen MR) is 58.5 cm³/mol. The fraction of sp³-hybridized carbons (Fsp3) is 0.333. The van der Waals surface area contributed by atoms with Crippen LogP contribution in [-0.2, 0) is 10.9 Å². The second-order valence-corrected chi connectivity index (χ2v) is 3.27. The van der Waals surface area contributed by atoms with Gasteiger partial charge in [0.1, 0.15) is 0 Å². The maximum atomic E-state index is 12.4. The second-order valence-electron chi connectivity index (χ2n) is 2.98. The highest BCUT2D eigenvalue weighted by Crippen LogP contribution is 2.31. The van der Waals surface area contributed by atoms with E-state index in [-0.39, 0.29) is 18.0 Å². The highest BCUT2D eigenvalue weighted by atomic mass is 31.0. The molecule has 17 heavy (non-hydrogen) atoms. The predicted octanol–water partition coefficient (Wildman–Crippen LogP) is 2.48. The van der Waals surface area contributed by atoms with E-state index in [0.29, 0.717) is 6.20 Å². The Labute approximate surface area is 97.8 Å². The molecule has 1 unspecified atom stereocenters. The standard InChI is InChI=1S/C9H10F3N2O2P/c1-2-16-8(15)7-6(14-17)3-5(4-13-7)9(10,11)12/h3-4,14H,2,17H2,1H3. The van der Waals surface area contributed by atoms with Gasteiger partial charge in [-0.3, -0.25) is 0 Å². The first-order valence-corrected chi connectivity index (χ1v) is 5.18. The number of aromatic nitrogens is 1. The molecule has 0 radical (unpaired) electrons. The molecule has 1 aromatic rings. The van der Waals surface area contributed by atoms with Crippen LogP contribution in [-0.4, -0.2) is 17.6 Å². The van der Waals surface area contributed by atoms with Gasteiger partial charge < -0.3 is 9.82 Å². The number of carbonyl (C=O) groups excluding carboxylic acids is 1. The topological polar surface area (TPSA) is 51.2 Å². The van der Waals surface area contributed by atoms with Crippen molar-refractivity contribution in [2.24, 2.45) is 0 Å². The zero-order valence-electron chi connectivity index (χ0n) is 8.84. The van der Waals surface area contributed by atoms with E-state index in [1.165, 1.54) is 0 Å². The van der Waals surface area contributed by atoms with Gasteiger partial charge in [-0.05, 0) is 22.4 Å². The van der Waals surface area contributed by atoms with Gasteiger partial charge in [0.05, 0.1) is 17.9 Å². The number of nitrogens with one attached hydrogen (secondary N) is 1. The number of anilines is 1. The fourth-order valence-electron chi connectivity index (χ4n) is 1.09.